The second-order valence-electron chi connectivity index (χ2n) is 3.67. The number of aliphatic hydroxyl groups is 2. The first-order chi connectivity index (χ1) is 8.71. The average molecular weight is 253 g/mol. The molecule has 1 aromatic heterocycles. The number of hydrogen-bond donors (Lipinski definition) is 4. The summed E-state index contributed by atoms with van der Waals surface area (Å²) in [6, 6.07) is 0. The maximum atomic E-state index is 8.76. The molecule has 0 aliphatic heterocycles. The smallest absolute Gasteiger partial charge is 0.227 e. The topological polar surface area (TPSA) is 103 Å². The number of aromatic nitrogens is 3. The zero-order valence-corrected chi connectivity index (χ0v) is 10.4. The Bertz CT molecular complexity index is 359. The van der Waals surface area contributed by atoms with Crippen LogP contribution in [0.1, 0.15) is 18.7 Å². The van der Waals surface area contributed by atoms with Crippen LogP contribution in [0, 0.1) is 0 Å². The lowest BCUT2D eigenvalue weighted by Gasteiger charge is -2.11. The third kappa shape index (κ3) is 4.27. The van der Waals surface area contributed by atoms with Crippen LogP contribution in [0.25, 0.3) is 0 Å². The van der Waals surface area contributed by atoms with Crippen molar-refractivity contribution in [3.05, 3.63) is 18.5 Å². The Morgan fingerprint density at radius 2 is 1.61 bits per heavy atom. The van der Waals surface area contributed by atoms with Gasteiger partial charge in [0.25, 0.3) is 0 Å². The van der Waals surface area contributed by atoms with Gasteiger partial charge in [0.1, 0.15) is 5.82 Å². The molecular formula is C11H19N5O2. The van der Waals surface area contributed by atoms with Crippen LogP contribution in [-0.2, 0) is 0 Å². The molecule has 7 heteroatoms. The Kier molecular flexibility index (Phi) is 6.03. The molecular weight excluding hydrogens is 234 g/mol. The largest absolute Gasteiger partial charge is 0.395 e. The summed E-state index contributed by atoms with van der Waals surface area (Å²) in [6.45, 7) is 6.35. The molecule has 0 amide bonds. The Labute approximate surface area is 106 Å². The quantitative estimate of drug-likeness (QED) is 0.482. The van der Waals surface area contributed by atoms with Crippen molar-refractivity contribution in [3.63, 3.8) is 0 Å². The minimum absolute atomic E-state index is 0.00245. The van der Waals surface area contributed by atoms with Crippen molar-refractivity contribution in [3.8, 4) is 0 Å². The monoisotopic (exact) mass is 253 g/mol. The van der Waals surface area contributed by atoms with Crippen molar-refractivity contribution < 1.29 is 10.2 Å². The van der Waals surface area contributed by atoms with Crippen molar-refractivity contribution in [1.29, 1.82) is 0 Å². The zero-order chi connectivity index (χ0) is 13.4. The van der Waals surface area contributed by atoms with Gasteiger partial charge in [-0.05, 0) is 0 Å². The minimum atomic E-state index is -0.00255. The predicted octanol–water partition coefficient (Wildman–Crippen LogP) is -0.0305. The summed E-state index contributed by atoms with van der Waals surface area (Å²) in [5.41, 5.74) is 0. The normalized spacial score (nSPS) is 11.9. The number of rotatable bonds is 8. The lowest BCUT2D eigenvalue weighted by Crippen LogP contribution is -2.15. The third-order valence-electron chi connectivity index (χ3n) is 2.20. The van der Waals surface area contributed by atoms with Gasteiger partial charge in [0.2, 0.25) is 11.9 Å². The number of hydrogen-bond acceptors (Lipinski definition) is 7. The minimum Gasteiger partial charge on any atom is -0.395 e. The molecule has 18 heavy (non-hydrogen) atoms. The molecule has 0 fully saturated rings. The molecule has 0 saturated carbocycles. The van der Waals surface area contributed by atoms with E-state index in [0.29, 0.717) is 30.8 Å². The van der Waals surface area contributed by atoms with Crippen LogP contribution >= 0.6 is 0 Å². The van der Waals surface area contributed by atoms with Gasteiger partial charge in [-0.15, -0.1) is 6.58 Å². The highest BCUT2D eigenvalue weighted by Crippen LogP contribution is 2.14. The van der Waals surface area contributed by atoms with Gasteiger partial charge in [0.05, 0.1) is 13.2 Å². The molecule has 1 unspecified atom stereocenters. The van der Waals surface area contributed by atoms with Gasteiger partial charge in [-0.2, -0.15) is 15.0 Å². The summed E-state index contributed by atoms with van der Waals surface area (Å²) in [6.07, 6.45) is 1.74. The van der Waals surface area contributed by atoms with Crippen LogP contribution in [0.3, 0.4) is 0 Å². The summed E-state index contributed by atoms with van der Waals surface area (Å²) >= 11 is 0. The van der Waals surface area contributed by atoms with E-state index in [1.165, 1.54) is 0 Å². The molecule has 4 N–H and O–H groups in total. The van der Waals surface area contributed by atoms with Crippen molar-refractivity contribution in [2.45, 2.75) is 12.8 Å². The van der Waals surface area contributed by atoms with E-state index in [9.17, 15) is 0 Å². The summed E-state index contributed by atoms with van der Waals surface area (Å²) in [5, 5.41) is 23.3. The number of anilines is 2. The van der Waals surface area contributed by atoms with Crippen LogP contribution in [-0.4, -0.2) is 51.5 Å². The van der Waals surface area contributed by atoms with Crippen LogP contribution in [0.15, 0.2) is 12.7 Å². The van der Waals surface area contributed by atoms with E-state index in [4.69, 9.17) is 10.2 Å². The van der Waals surface area contributed by atoms with Crippen molar-refractivity contribution in [1.82, 2.24) is 15.0 Å². The van der Waals surface area contributed by atoms with E-state index < -0.39 is 0 Å². The number of allylic oxidation sites excluding steroid dienone is 1. The van der Waals surface area contributed by atoms with Crippen molar-refractivity contribution in [2.75, 3.05) is 36.9 Å². The molecule has 0 radical (unpaired) electrons. The van der Waals surface area contributed by atoms with Crippen LogP contribution in [0.2, 0.25) is 0 Å². The molecule has 0 aliphatic rings. The zero-order valence-electron chi connectivity index (χ0n) is 10.4. The summed E-state index contributed by atoms with van der Waals surface area (Å²) in [5.74, 6) is 1.37. The predicted molar refractivity (Wildman–Crippen MR) is 69.6 cm³/mol. The van der Waals surface area contributed by atoms with Gasteiger partial charge in [-0.25, -0.2) is 0 Å². The van der Waals surface area contributed by atoms with Crippen molar-refractivity contribution in [2.24, 2.45) is 0 Å². The molecule has 1 atom stereocenters. The van der Waals surface area contributed by atoms with E-state index >= 15 is 0 Å². The molecule has 1 heterocycles. The Balaban J connectivity index is 2.91. The summed E-state index contributed by atoms with van der Waals surface area (Å²) in [7, 11) is 0. The molecule has 1 rings (SSSR count). The second kappa shape index (κ2) is 7.57. The lowest BCUT2D eigenvalue weighted by molar-refractivity contribution is 0.310. The van der Waals surface area contributed by atoms with Crippen LogP contribution in [0.5, 0.6) is 0 Å². The molecule has 0 aliphatic carbocycles. The number of nitrogens with one attached hydrogen (secondary N) is 2. The Morgan fingerprint density at radius 3 is 2.00 bits per heavy atom. The molecule has 0 spiro atoms. The second-order valence-corrected chi connectivity index (χ2v) is 3.67. The summed E-state index contributed by atoms with van der Waals surface area (Å²) < 4.78 is 0. The van der Waals surface area contributed by atoms with E-state index in [1.54, 1.807) is 6.08 Å². The van der Waals surface area contributed by atoms with Gasteiger partial charge < -0.3 is 20.8 Å². The molecule has 0 aromatic carbocycles. The van der Waals surface area contributed by atoms with Crippen LogP contribution < -0.4 is 10.6 Å². The first kappa shape index (κ1) is 14.3. The highest BCUT2D eigenvalue weighted by atomic mass is 16.3. The molecule has 0 saturated heterocycles. The lowest BCUT2D eigenvalue weighted by atomic mass is 10.2. The molecule has 0 bridgehead atoms. The highest BCUT2D eigenvalue weighted by molar-refractivity contribution is 5.35. The average Bonchev–Trinajstić information content (AvgIpc) is 2.41. The Hall–Kier alpha value is -1.73. The van der Waals surface area contributed by atoms with Gasteiger partial charge in [0.15, 0.2) is 0 Å². The number of aliphatic hydroxyl groups excluding tert-OH is 2. The van der Waals surface area contributed by atoms with Gasteiger partial charge in [-0.1, -0.05) is 13.0 Å². The molecule has 1 aromatic rings. The van der Waals surface area contributed by atoms with E-state index in [-0.39, 0.29) is 19.1 Å². The SMILES string of the molecule is C=CC(C)c1nc(NCCO)nc(NCCO)n1. The van der Waals surface area contributed by atoms with Crippen molar-refractivity contribution >= 4 is 11.9 Å². The first-order valence-electron chi connectivity index (χ1n) is 5.79. The maximum Gasteiger partial charge on any atom is 0.227 e. The van der Waals surface area contributed by atoms with Crippen LogP contribution in [0.4, 0.5) is 11.9 Å². The van der Waals surface area contributed by atoms with E-state index in [2.05, 4.69) is 32.2 Å². The summed E-state index contributed by atoms with van der Waals surface area (Å²) in [4.78, 5) is 12.6. The fourth-order valence-electron chi connectivity index (χ4n) is 1.19. The maximum absolute atomic E-state index is 8.76. The van der Waals surface area contributed by atoms with E-state index in [1.807, 2.05) is 6.92 Å². The standard InChI is InChI=1S/C11H19N5O2/c1-3-8(2)9-14-10(12-4-6-17)16-11(15-9)13-5-7-18/h3,8,17-18H,1,4-7H2,2H3,(H2,12,13,14,15,16). The fraction of sp³-hybridized carbons (Fsp3) is 0.545. The fourth-order valence-corrected chi connectivity index (χ4v) is 1.19. The third-order valence-corrected chi connectivity index (χ3v) is 2.20. The molecule has 7 nitrogen and oxygen atoms in total. The van der Waals surface area contributed by atoms with E-state index in [0.717, 1.165) is 0 Å². The first-order valence-corrected chi connectivity index (χ1v) is 5.79. The van der Waals surface area contributed by atoms with Gasteiger partial charge in [0, 0.05) is 19.0 Å². The van der Waals surface area contributed by atoms with Gasteiger partial charge in [-0.3, -0.25) is 0 Å². The Morgan fingerprint density at radius 1 is 1.11 bits per heavy atom. The number of nitrogens with zero attached hydrogens (tertiary/aromatic N) is 3. The highest BCUT2D eigenvalue weighted by Gasteiger charge is 2.10. The van der Waals surface area contributed by atoms with Gasteiger partial charge >= 0.3 is 0 Å². The molecule has 100 valence electrons.